The lowest BCUT2D eigenvalue weighted by atomic mass is 9.97. The number of methoxy groups -OCH3 is 1. The lowest BCUT2D eigenvalue weighted by Gasteiger charge is -2.27. The van der Waals surface area contributed by atoms with Crippen LogP contribution in [0.3, 0.4) is 0 Å². The molecular formula is C18H20N2O4. The fourth-order valence-electron chi connectivity index (χ4n) is 3.40. The molecule has 1 aliphatic rings. The molecule has 1 fully saturated rings. The van der Waals surface area contributed by atoms with Gasteiger partial charge in [0.1, 0.15) is 5.54 Å². The van der Waals surface area contributed by atoms with Gasteiger partial charge in [-0.2, -0.15) is 0 Å². The highest BCUT2D eigenvalue weighted by molar-refractivity contribution is 5.89. The van der Waals surface area contributed by atoms with Gasteiger partial charge >= 0.3 is 5.97 Å². The maximum atomic E-state index is 12.4. The molecule has 0 saturated heterocycles. The second-order valence-corrected chi connectivity index (χ2v) is 6.22. The molecule has 1 amide bonds. The topological polar surface area (TPSA) is 88.3 Å². The highest BCUT2D eigenvalue weighted by Gasteiger charge is 2.43. The molecule has 24 heavy (non-hydrogen) atoms. The number of carbonyl (C=O) groups excluding carboxylic acids is 2. The van der Waals surface area contributed by atoms with Gasteiger partial charge in [-0.25, -0.2) is 4.79 Å². The van der Waals surface area contributed by atoms with Gasteiger partial charge in [0.05, 0.1) is 13.5 Å². The van der Waals surface area contributed by atoms with Gasteiger partial charge in [0.15, 0.2) is 0 Å². The van der Waals surface area contributed by atoms with Crippen LogP contribution in [-0.2, 0) is 20.7 Å². The van der Waals surface area contributed by atoms with Crippen molar-refractivity contribution in [1.29, 1.82) is 0 Å². The van der Waals surface area contributed by atoms with E-state index in [4.69, 9.17) is 4.74 Å². The predicted octanol–water partition coefficient (Wildman–Crippen LogP) is 1.67. The van der Waals surface area contributed by atoms with Crippen LogP contribution in [0.15, 0.2) is 35.1 Å². The van der Waals surface area contributed by atoms with Crippen molar-refractivity contribution in [2.45, 2.75) is 37.6 Å². The summed E-state index contributed by atoms with van der Waals surface area (Å²) in [6, 6.07) is 9.00. The molecular weight excluding hydrogens is 308 g/mol. The standard InChI is InChI=1S/C18H20N2O4/c1-24-17(23)18(8-4-5-9-18)20-15(21)11-13-10-12-6-2-3-7-14(12)16(22)19-13/h2-3,6-7,10H,4-5,8-9,11H2,1H3,(H,19,22)(H,20,21). The lowest BCUT2D eigenvalue weighted by molar-refractivity contribution is -0.150. The van der Waals surface area contributed by atoms with Gasteiger partial charge in [-0.05, 0) is 30.4 Å². The number of H-pyrrole nitrogens is 1. The fourth-order valence-corrected chi connectivity index (χ4v) is 3.40. The van der Waals surface area contributed by atoms with Gasteiger partial charge in [-0.1, -0.05) is 31.0 Å². The van der Waals surface area contributed by atoms with E-state index in [2.05, 4.69) is 10.3 Å². The van der Waals surface area contributed by atoms with E-state index in [9.17, 15) is 14.4 Å². The number of aromatic amines is 1. The monoisotopic (exact) mass is 328 g/mol. The Morgan fingerprint density at radius 1 is 1.25 bits per heavy atom. The third kappa shape index (κ3) is 3.04. The molecule has 1 aromatic carbocycles. The third-order valence-electron chi connectivity index (χ3n) is 4.57. The lowest BCUT2D eigenvalue weighted by Crippen LogP contribution is -2.53. The van der Waals surface area contributed by atoms with Crippen molar-refractivity contribution in [1.82, 2.24) is 10.3 Å². The molecule has 6 heteroatoms. The van der Waals surface area contributed by atoms with Crippen LogP contribution in [0.25, 0.3) is 10.8 Å². The molecule has 3 rings (SSSR count). The Hall–Kier alpha value is -2.63. The SMILES string of the molecule is COC(=O)C1(NC(=O)Cc2cc3ccccc3c(=O)[nH]2)CCCC1. The molecule has 0 bridgehead atoms. The number of hydrogen-bond acceptors (Lipinski definition) is 4. The summed E-state index contributed by atoms with van der Waals surface area (Å²) in [4.78, 5) is 39.3. The smallest absolute Gasteiger partial charge is 0.331 e. The van der Waals surface area contributed by atoms with E-state index in [1.165, 1.54) is 7.11 Å². The maximum Gasteiger partial charge on any atom is 0.331 e. The number of nitrogens with one attached hydrogen (secondary N) is 2. The summed E-state index contributed by atoms with van der Waals surface area (Å²) in [6.07, 6.45) is 2.93. The number of carbonyl (C=O) groups is 2. The van der Waals surface area contributed by atoms with E-state index >= 15 is 0 Å². The minimum atomic E-state index is -0.928. The number of pyridine rings is 1. The quantitative estimate of drug-likeness (QED) is 0.836. The Labute approximate surface area is 139 Å². The second-order valence-electron chi connectivity index (χ2n) is 6.22. The highest BCUT2D eigenvalue weighted by atomic mass is 16.5. The number of ether oxygens (including phenoxy) is 1. The predicted molar refractivity (Wildman–Crippen MR) is 89.6 cm³/mol. The number of fused-ring (bicyclic) bond motifs is 1. The molecule has 6 nitrogen and oxygen atoms in total. The van der Waals surface area contributed by atoms with E-state index in [0.29, 0.717) is 23.9 Å². The van der Waals surface area contributed by atoms with E-state index in [-0.39, 0.29) is 17.9 Å². The van der Waals surface area contributed by atoms with Crippen molar-refractivity contribution in [3.63, 3.8) is 0 Å². The van der Waals surface area contributed by atoms with Crippen molar-refractivity contribution in [3.8, 4) is 0 Å². The molecule has 1 heterocycles. The summed E-state index contributed by atoms with van der Waals surface area (Å²) in [5.41, 5.74) is -0.628. The van der Waals surface area contributed by atoms with Crippen molar-refractivity contribution in [3.05, 3.63) is 46.4 Å². The number of hydrogen-bond donors (Lipinski definition) is 2. The molecule has 1 saturated carbocycles. The zero-order valence-electron chi connectivity index (χ0n) is 13.6. The Balaban J connectivity index is 1.80. The van der Waals surface area contributed by atoms with Gasteiger partial charge < -0.3 is 15.0 Å². The normalized spacial score (nSPS) is 16.0. The summed E-state index contributed by atoms with van der Waals surface area (Å²) in [7, 11) is 1.33. The van der Waals surface area contributed by atoms with E-state index in [0.717, 1.165) is 18.2 Å². The minimum absolute atomic E-state index is 0.0127. The van der Waals surface area contributed by atoms with Crippen LogP contribution in [0.5, 0.6) is 0 Å². The molecule has 0 aliphatic heterocycles. The van der Waals surface area contributed by atoms with E-state index < -0.39 is 11.5 Å². The Kier molecular flexibility index (Phi) is 4.38. The Bertz CT molecular complexity index is 834. The Morgan fingerprint density at radius 2 is 1.96 bits per heavy atom. The van der Waals surface area contributed by atoms with Crippen LogP contribution < -0.4 is 10.9 Å². The minimum Gasteiger partial charge on any atom is -0.467 e. The van der Waals surface area contributed by atoms with Crippen LogP contribution >= 0.6 is 0 Å². The first kappa shape index (κ1) is 16.2. The molecule has 0 spiro atoms. The van der Waals surface area contributed by atoms with Crippen LogP contribution in [0.2, 0.25) is 0 Å². The van der Waals surface area contributed by atoms with Gasteiger partial charge in [0.2, 0.25) is 5.91 Å². The van der Waals surface area contributed by atoms with E-state index in [1.54, 1.807) is 18.2 Å². The molecule has 0 atom stereocenters. The molecule has 126 valence electrons. The maximum absolute atomic E-state index is 12.4. The summed E-state index contributed by atoms with van der Waals surface area (Å²) in [5, 5.41) is 4.19. The third-order valence-corrected chi connectivity index (χ3v) is 4.57. The zero-order valence-corrected chi connectivity index (χ0v) is 13.6. The number of amides is 1. The van der Waals surface area contributed by atoms with Gasteiger partial charge in [0, 0.05) is 11.1 Å². The van der Waals surface area contributed by atoms with E-state index in [1.807, 2.05) is 12.1 Å². The largest absolute Gasteiger partial charge is 0.467 e. The van der Waals surface area contributed by atoms with Gasteiger partial charge in [-0.3, -0.25) is 9.59 Å². The number of aromatic nitrogens is 1. The first-order valence-corrected chi connectivity index (χ1v) is 8.04. The first-order chi connectivity index (χ1) is 11.5. The molecule has 2 aromatic rings. The van der Waals surface area contributed by atoms with Crippen LogP contribution in [0, 0.1) is 0 Å². The fraction of sp³-hybridized carbons (Fsp3) is 0.389. The van der Waals surface area contributed by atoms with Crippen molar-refractivity contribution in [2.24, 2.45) is 0 Å². The molecule has 2 N–H and O–H groups in total. The number of benzene rings is 1. The highest BCUT2D eigenvalue weighted by Crippen LogP contribution is 2.30. The molecule has 1 aliphatic carbocycles. The van der Waals surface area contributed by atoms with Gasteiger partial charge in [0.25, 0.3) is 5.56 Å². The zero-order chi connectivity index (χ0) is 17.2. The molecule has 0 unspecified atom stereocenters. The second kappa shape index (κ2) is 6.47. The molecule has 1 aromatic heterocycles. The van der Waals surface area contributed by atoms with Crippen LogP contribution in [-0.4, -0.2) is 29.5 Å². The van der Waals surface area contributed by atoms with Crippen molar-refractivity contribution >= 4 is 22.6 Å². The van der Waals surface area contributed by atoms with Crippen LogP contribution in [0.4, 0.5) is 0 Å². The van der Waals surface area contributed by atoms with Crippen molar-refractivity contribution < 1.29 is 14.3 Å². The summed E-state index contributed by atoms with van der Waals surface area (Å²) in [6.45, 7) is 0. The average molecular weight is 328 g/mol. The number of rotatable bonds is 4. The van der Waals surface area contributed by atoms with Crippen LogP contribution in [0.1, 0.15) is 31.4 Å². The summed E-state index contributed by atoms with van der Waals surface area (Å²) in [5.74, 6) is -0.700. The summed E-state index contributed by atoms with van der Waals surface area (Å²) < 4.78 is 4.85. The summed E-state index contributed by atoms with van der Waals surface area (Å²) >= 11 is 0. The van der Waals surface area contributed by atoms with Gasteiger partial charge in [-0.15, -0.1) is 0 Å². The first-order valence-electron chi connectivity index (χ1n) is 8.04. The van der Waals surface area contributed by atoms with Crippen molar-refractivity contribution in [2.75, 3.05) is 7.11 Å². The number of esters is 1. The Morgan fingerprint density at radius 3 is 2.67 bits per heavy atom. The molecule has 0 radical (unpaired) electrons. The average Bonchev–Trinajstić information content (AvgIpc) is 3.03.